The molecule has 0 saturated heterocycles. The first kappa shape index (κ1) is 17.3. The number of anilines is 1. The highest BCUT2D eigenvalue weighted by atomic mass is 35.5. The lowest BCUT2D eigenvalue weighted by molar-refractivity contribution is -0.374. The summed E-state index contributed by atoms with van der Waals surface area (Å²) in [6.07, 6.45) is 5.02. The molecular formula is C19H23ClN3+. The third-order valence-corrected chi connectivity index (χ3v) is 4.34. The number of H-pyrrole nitrogens is 1. The summed E-state index contributed by atoms with van der Waals surface area (Å²) >= 11 is 6.41. The van der Waals surface area contributed by atoms with Crippen LogP contribution in [0.2, 0.25) is 5.02 Å². The minimum Gasteiger partial charge on any atom is -0.286 e. The Balaban J connectivity index is 2.77. The van der Waals surface area contributed by atoms with E-state index in [1.54, 1.807) is 0 Å². The SMILES string of the molecule is CCCCc1[nH+]c(N)c(C#N)c(-c2ccccc2Cl)c1CCC. The number of aromatic amines is 1. The van der Waals surface area contributed by atoms with Gasteiger partial charge in [0.2, 0.25) is 0 Å². The Morgan fingerprint density at radius 1 is 1.17 bits per heavy atom. The van der Waals surface area contributed by atoms with Crippen LogP contribution in [0.1, 0.15) is 49.9 Å². The van der Waals surface area contributed by atoms with E-state index in [4.69, 9.17) is 17.3 Å². The van der Waals surface area contributed by atoms with Crippen molar-refractivity contribution in [3.8, 4) is 17.2 Å². The second-order valence-corrected chi connectivity index (χ2v) is 6.10. The van der Waals surface area contributed by atoms with Crippen LogP contribution in [0.4, 0.5) is 5.82 Å². The molecule has 0 bridgehead atoms. The Labute approximate surface area is 143 Å². The number of unbranched alkanes of at least 4 members (excludes halogenated alkanes) is 1. The molecule has 1 heterocycles. The van der Waals surface area contributed by atoms with Crippen LogP contribution in [0, 0.1) is 11.3 Å². The predicted octanol–water partition coefficient (Wildman–Crippen LogP) is 4.57. The van der Waals surface area contributed by atoms with Crippen molar-refractivity contribution < 1.29 is 4.98 Å². The molecule has 0 aliphatic carbocycles. The Morgan fingerprint density at radius 2 is 1.91 bits per heavy atom. The Bertz CT molecular complexity index is 732. The molecule has 0 radical (unpaired) electrons. The number of aryl methyl sites for hydroxylation is 1. The van der Waals surface area contributed by atoms with Gasteiger partial charge in [0.15, 0.2) is 0 Å². The number of halogens is 1. The lowest BCUT2D eigenvalue weighted by Crippen LogP contribution is -2.22. The number of benzene rings is 1. The number of hydrogen-bond donors (Lipinski definition) is 1. The molecule has 3 nitrogen and oxygen atoms in total. The molecule has 2 rings (SSSR count). The zero-order valence-electron chi connectivity index (χ0n) is 13.7. The van der Waals surface area contributed by atoms with E-state index in [0.717, 1.165) is 48.9 Å². The van der Waals surface area contributed by atoms with E-state index in [1.807, 2.05) is 24.3 Å². The van der Waals surface area contributed by atoms with Gasteiger partial charge in [0.05, 0.1) is 0 Å². The van der Waals surface area contributed by atoms with Gasteiger partial charge in [-0.15, -0.1) is 0 Å². The largest absolute Gasteiger partial charge is 0.289 e. The summed E-state index contributed by atoms with van der Waals surface area (Å²) in [6.45, 7) is 4.31. The summed E-state index contributed by atoms with van der Waals surface area (Å²) in [5.41, 5.74) is 10.7. The van der Waals surface area contributed by atoms with Crippen molar-refractivity contribution >= 4 is 17.4 Å². The summed E-state index contributed by atoms with van der Waals surface area (Å²) < 4.78 is 0. The van der Waals surface area contributed by atoms with Crippen LogP contribution >= 0.6 is 11.6 Å². The predicted molar refractivity (Wildman–Crippen MR) is 95.2 cm³/mol. The number of nitriles is 1. The second kappa shape index (κ2) is 7.99. The topological polar surface area (TPSA) is 63.9 Å². The molecule has 0 saturated carbocycles. The quantitative estimate of drug-likeness (QED) is 0.844. The molecule has 23 heavy (non-hydrogen) atoms. The number of nitrogens with zero attached hydrogens (tertiary/aromatic N) is 1. The summed E-state index contributed by atoms with van der Waals surface area (Å²) in [4.78, 5) is 3.26. The number of pyridine rings is 1. The normalized spacial score (nSPS) is 10.5. The lowest BCUT2D eigenvalue weighted by atomic mass is 9.90. The average molecular weight is 329 g/mol. The first-order chi connectivity index (χ1) is 11.1. The van der Waals surface area contributed by atoms with Crippen molar-refractivity contribution in [3.63, 3.8) is 0 Å². The Kier molecular flexibility index (Phi) is 6.01. The van der Waals surface area contributed by atoms with Gasteiger partial charge in [0, 0.05) is 28.1 Å². The fourth-order valence-corrected chi connectivity index (χ4v) is 3.14. The van der Waals surface area contributed by atoms with Gasteiger partial charge in [0.25, 0.3) is 5.82 Å². The van der Waals surface area contributed by atoms with Crippen LogP contribution in [-0.2, 0) is 12.8 Å². The van der Waals surface area contributed by atoms with E-state index in [-0.39, 0.29) is 0 Å². The fourth-order valence-electron chi connectivity index (χ4n) is 2.91. The molecule has 0 amide bonds. The zero-order valence-corrected chi connectivity index (χ0v) is 14.5. The number of aromatic nitrogens is 1. The molecule has 1 aromatic heterocycles. The van der Waals surface area contributed by atoms with Crippen LogP contribution in [0.25, 0.3) is 11.1 Å². The van der Waals surface area contributed by atoms with Crippen molar-refractivity contribution in [1.29, 1.82) is 5.26 Å². The van der Waals surface area contributed by atoms with Crippen molar-refractivity contribution in [3.05, 3.63) is 46.1 Å². The van der Waals surface area contributed by atoms with Gasteiger partial charge < -0.3 is 0 Å². The van der Waals surface area contributed by atoms with Gasteiger partial charge in [-0.3, -0.25) is 5.73 Å². The van der Waals surface area contributed by atoms with E-state index < -0.39 is 0 Å². The van der Waals surface area contributed by atoms with Crippen LogP contribution < -0.4 is 10.7 Å². The molecule has 0 aliphatic heterocycles. The van der Waals surface area contributed by atoms with Crippen LogP contribution in [-0.4, -0.2) is 0 Å². The van der Waals surface area contributed by atoms with Crippen molar-refractivity contribution in [1.82, 2.24) is 0 Å². The van der Waals surface area contributed by atoms with E-state index >= 15 is 0 Å². The lowest BCUT2D eigenvalue weighted by Gasteiger charge is -2.15. The molecule has 0 spiro atoms. The maximum atomic E-state index is 9.62. The monoisotopic (exact) mass is 328 g/mol. The van der Waals surface area contributed by atoms with Gasteiger partial charge in [-0.25, -0.2) is 4.98 Å². The highest BCUT2D eigenvalue weighted by molar-refractivity contribution is 6.33. The maximum Gasteiger partial charge on any atom is 0.289 e. The summed E-state index contributed by atoms with van der Waals surface area (Å²) in [5, 5.41) is 10.3. The second-order valence-electron chi connectivity index (χ2n) is 5.69. The van der Waals surface area contributed by atoms with Crippen molar-refractivity contribution in [2.24, 2.45) is 0 Å². The average Bonchev–Trinajstić information content (AvgIpc) is 2.55. The minimum absolute atomic E-state index is 0.424. The third-order valence-electron chi connectivity index (χ3n) is 4.01. The molecule has 0 aliphatic rings. The number of nitrogen functional groups attached to an aromatic ring is 1. The number of nitrogens with one attached hydrogen (secondary N) is 1. The van der Waals surface area contributed by atoms with E-state index in [2.05, 4.69) is 24.9 Å². The number of nitrogens with two attached hydrogens (primary N) is 1. The van der Waals surface area contributed by atoms with Gasteiger partial charge in [-0.1, -0.05) is 56.5 Å². The minimum atomic E-state index is 0.424. The van der Waals surface area contributed by atoms with Crippen LogP contribution in [0.5, 0.6) is 0 Å². The first-order valence-electron chi connectivity index (χ1n) is 8.15. The molecule has 3 N–H and O–H groups in total. The molecule has 0 fully saturated rings. The van der Waals surface area contributed by atoms with E-state index in [0.29, 0.717) is 16.4 Å². The fraction of sp³-hybridized carbons (Fsp3) is 0.368. The molecule has 0 unspecified atom stereocenters. The van der Waals surface area contributed by atoms with E-state index in [1.165, 1.54) is 5.56 Å². The zero-order chi connectivity index (χ0) is 16.8. The van der Waals surface area contributed by atoms with Crippen LogP contribution in [0.15, 0.2) is 24.3 Å². The summed E-state index contributed by atoms with van der Waals surface area (Å²) in [5.74, 6) is 0.424. The summed E-state index contributed by atoms with van der Waals surface area (Å²) in [6, 6.07) is 9.91. The standard InChI is InChI=1S/C19H22ClN3/c1-3-5-11-17-14(8-4-2)18(15(12-21)19(22)23-17)13-9-6-7-10-16(13)20/h6-7,9-10H,3-5,8,11H2,1-2H3,(H2,22,23)/p+1. The van der Waals surface area contributed by atoms with Crippen molar-refractivity contribution in [2.75, 3.05) is 5.73 Å². The smallest absolute Gasteiger partial charge is 0.286 e. The van der Waals surface area contributed by atoms with Gasteiger partial charge in [0.1, 0.15) is 17.3 Å². The molecule has 0 atom stereocenters. The molecule has 1 aromatic carbocycles. The van der Waals surface area contributed by atoms with E-state index in [9.17, 15) is 5.26 Å². The molecule has 2 aromatic rings. The maximum absolute atomic E-state index is 9.62. The van der Waals surface area contributed by atoms with Crippen molar-refractivity contribution in [2.45, 2.75) is 46.0 Å². The molecular weight excluding hydrogens is 306 g/mol. The number of rotatable bonds is 6. The van der Waals surface area contributed by atoms with Gasteiger partial charge in [-0.2, -0.15) is 5.26 Å². The Hall–Kier alpha value is -2.05. The number of hydrogen-bond acceptors (Lipinski definition) is 2. The van der Waals surface area contributed by atoms with Gasteiger partial charge >= 0.3 is 0 Å². The van der Waals surface area contributed by atoms with Crippen LogP contribution in [0.3, 0.4) is 0 Å². The van der Waals surface area contributed by atoms with Gasteiger partial charge in [-0.05, 0) is 18.9 Å². The third kappa shape index (κ3) is 3.65. The first-order valence-corrected chi connectivity index (χ1v) is 8.53. The highest BCUT2D eigenvalue weighted by Gasteiger charge is 2.23. The highest BCUT2D eigenvalue weighted by Crippen LogP contribution is 2.36. The summed E-state index contributed by atoms with van der Waals surface area (Å²) in [7, 11) is 0. The Morgan fingerprint density at radius 3 is 2.52 bits per heavy atom. The molecule has 120 valence electrons. The molecule has 4 heteroatoms.